The largest absolute Gasteiger partial charge is 1.00 e. The van der Waals surface area contributed by atoms with E-state index in [2.05, 4.69) is 0 Å². The van der Waals surface area contributed by atoms with Gasteiger partial charge in [-0.3, -0.25) is 0 Å². The van der Waals surface area contributed by atoms with Crippen LogP contribution < -0.4 is 113 Å². The quantitative estimate of drug-likeness (QED) is 0.307. The van der Waals surface area contributed by atoms with E-state index in [0.717, 1.165) is 0 Å². The van der Waals surface area contributed by atoms with E-state index >= 15 is 0 Å². The van der Waals surface area contributed by atoms with Gasteiger partial charge in [0.25, 0.3) is 0 Å². The summed E-state index contributed by atoms with van der Waals surface area (Å²) in [5, 5.41) is 15.2. The molecule has 0 heterocycles. The fourth-order valence-electron chi connectivity index (χ4n) is 0. The van der Waals surface area contributed by atoms with Gasteiger partial charge in [-0.1, -0.05) is 0 Å². The molecule has 0 bridgehead atoms. The number of rotatable bonds is 1. The first-order valence-corrected chi connectivity index (χ1v) is 3.38. The molecule has 0 fully saturated rings. The van der Waals surface area contributed by atoms with E-state index in [4.69, 9.17) is 29.5 Å². The molecule has 0 atom stereocenters. The predicted molar refractivity (Wildman–Crippen MR) is 24.0 cm³/mol. The second-order valence-electron chi connectivity index (χ2n) is 0.916. The molecule has 0 rings (SSSR count). The molecule has 3 N–H and O–H groups in total. The Kier molecular flexibility index (Phi) is 34.2. The van der Waals surface area contributed by atoms with Crippen LogP contribution in [-0.4, -0.2) is 28.3 Å². The molecule has 0 aliphatic rings. The zero-order valence-electron chi connectivity index (χ0n) is 6.43. The van der Waals surface area contributed by atoms with Crippen LogP contribution in [0, 0.1) is 0 Å². The molecule has 0 aromatic carbocycles. The summed E-state index contributed by atoms with van der Waals surface area (Å²) < 4.78 is 8.66. The number of hydrogen-bond donors (Lipinski definition) is 3. The van der Waals surface area contributed by atoms with Gasteiger partial charge in [0.1, 0.15) is 0 Å². The van der Waals surface area contributed by atoms with Crippen molar-refractivity contribution in [1.82, 2.24) is 0 Å². The average Bonchev–Trinajstić information content (AvgIpc) is 1.61. The summed E-state index contributed by atoms with van der Waals surface area (Å²) in [5.41, 5.74) is 0. The first kappa shape index (κ1) is 23.8. The van der Waals surface area contributed by atoms with Crippen molar-refractivity contribution in [2.24, 2.45) is 0 Å². The third kappa shape index (κ3) is 91.8. The molecular weight excluding hydrogens is 229 g/mol. The van der Waals surface area contributed by atoms with Gasteiger partial charge in [0.05, 0.1) is 21.0 Å². The van der Waals surface area contributed by atoms with Gasteiger partial charge >= 0.3 is 103 Å². The molecule has 0 aliphatic carbocycles. The molecular formula is C2H7K2O6P. The van der Waals surface area contributed by atoms with Crippen molar-refractivity contribution in [3.63, 3.8) is 0 Å². The number of aliphatic hydroxyl groups excluding tert-OH is 2. The number of aliphatic hydroxyl groups is 2. The van der Waals surface area contributed by atoms with Crippen molar-refractivity contribution >= 4 is 7.82 Å². The predicted octanol–water partition coefficient (Wildman–Crippen LogP) is -9.21. The average molecular weight is 236 g/mol. The van der Waals surface area contributed by atoms with Crippen molar-refractivity contribution in [3.05, 3.63) is 0 Å². The molecule has 6 nitrogen and oxygen atoms in total. The normalized spacial score (nSPS) is 8.09. The minimum atomic E-state index is -5.14. The summed E-state index contributed by atoms with van der Waals surface area (Å²) >= 11 is 0. The third-order valence-electron chi connectivity index (χ3n) is 0.1000. The van der Waals surface area contributed by atoms with Crippen molar-refractivity contribution in [3.8, 4) is 0 Å². The fraction of sp³-hybridized carbons (Fsp3) is 1.00. The van der Waals surface area contributed by atoms with Gasteiger partial charge in [-0.2, -0.15) is 0 Å². The van der Waals surface area contributed by atoms with E-state index in [1.807, 2.05) is 0 Å². The summed E-state index contributed by atoms with van der Waals surface area (Å²) in [4.78, 5) is 24.3. The topological polar surface area (TPSA) is 124 Å². The van der Waals surface area contributed by atoms with Crippen LogP contribution >= 0.6 is 7.82 Å². The van der Waals surface area contributed by atoms with Crippen LogP contribution in [-0.2, 0) is 4.57 Å². The molecule has 58 valence electrons. The summed E-state index contributed by atoms with van der Waals surface area (Å²) in [6.07, 6.45) is 0. The number of hydrogen-bond acceptors (Lipinski definition) is 5. The summed E-state index contributed by atoms with van der Waals surface area (Å²) in [5.74, 6) is 0. The van der Waals surface area contributed by atoms with Crippen molar-refractivity contribution < 1.29 is 132 Å². The van der Waals surface area contributed by atoms with Crippen LogP contribution in [0.5, 0.6) is 0 Å². The molecule has 9 heteroatoms. The molecule has 0 aliphatic heterocycles. The van der Waals surface area contributed by atoms with E-state index < -0.39 is 7.82 Å². The maximum absolute atomic E-state index is 8.66. The van der Waals surface area contributed by atoms with Gasteiger partial charge in [-0.05, 0) is 0 Å². The van der Waals surface area contributed by atoms with E-state index in [9.17, 15) is 0 Å². The monoisotopic (exact) mass is 236 g/mol. The zero-order valence-corrected chi connectivity index (χ0v) is 13.6. The van der Waals surface area contributed by atoms with Crippen molar-refractivity contribution in [1.29, 1.82) is 0 Å². The van der Waals surface area contributed by atoms with Gasteiger partial charge in [-0.15, -0.1) is 0 Å². The van der Waals surface area contributed by atoms with E-state index in [1.54, 1.807) is 0 Å². The van der Waals surface area contributed by atoms with Crippen LogP contribution in [0.1, 0.15) is 0 Å². The van der Waals surface area contributed by atoms with E-state index in [0.29, 0.717) is 0 Å². The Morgan fingerprint density at radius 2 is 1.18 bits per heavy atom. The van der Waals surface area contributed by atoms with Crippen LogP contribution in [0.15, 0.2) is 0 Å². The van der Waals surface area contributed by atoms with Crippen LogP contribution in [0.3, 0.4) is 0 Å². The molecule has 0 saturated carbocycles. The Morgan fingerprint density at radius 1 is 1.09 bits per heavy atom. The molecule has 0 radical (unpaired) electrons. The standard InChI is InChI=1S/C2H6O2.2K.H3O4P/c3-1-2-4;;;1-5(2,3)4/h3-4H,1-2H2;;;(H3,1,2,3,4)/q;2*+1;/p-2. The summed E-state index contributed by atoms with van der Waals surface area (Å²) in [6.45, 7) is -0.250. The molecule has 0 aromatic rings. The summed E-state index contributed by atoms with van der Waals surface area (Å²) in [7, 11) is -5.14. The van der Waals surface area contributed by atoms with Gasteiger partial charge in [-0.25, -0.2) is 0 Å². The Labute approximate surface area is 149 Å². The van der Waals surface area contributed by atoms with Crippen LogP contribution in [0.2, 0.25) is 0 Å². The van der Waals surface area contributed by atoms with E-state index in [1.165, 1.54) is 0 Å². The molecule has 0 spiro atoms. The minimum absolute atomic E-state index is 0. The van der Waals surface area contributed by atoms with Gasteiger partial charge in [0.15, 0.2) is 0 Å². The zero-order chi connectivity index (χ0) is 7.91. The molecule has 0 aromatic heterocycles. The molecule has 11 heavy (non-hydrogen) atoms. The van der Waals surface area contributed by atoms with Gasteiger partial charge < -0.3 is 29.5 Å². The molecule has 0 amide bonds. The smallest absolute Gasteiger partial charge is 0.790 e. The van der Waals surface area contributed by atoms with Crippen molar-refractivity contribution in [2.75, 3.05) is 13.2 Å². The Bertz CT molecular complexity index is 82.3. The molecule has 0 unspecified atom stereocenters. The SMILES string of the molecule is O=P([O-])([O-])O.OCCO.[K+].[K+]. The van der Waals surface area contributed by atoms with Gasteiger partial charge in [0.2, 0.25) is 0 Å². The van der Waals surface area contributed by atoms with Gasteiger partial charge in [0, 0.05) is 0 Å². The second kappa shape index (κ2) is 15.8. The maximum Gasteiger partial charge on any atom is 1.00 e. The first-order chi connectivity index (χ1) is 3.91. The molecule has 0 saturated heterocycles. The van der Waals surface area contributed by atoms with Crippen LogP contribution in [0.4, 0.5) is 0 Å². The number of phosphoric acid groups is 1. The fourth-order valence-corrected chi connectivity index (χ4v) is 0. The Hall–Kier alpha value is 3.30. The van der Waals surface area contributed by atoms with E-state index in [-0.39, 0.29) is 116 Å². The summed E-state index contributed by atoms with van der Waals surface area (Å²) in [6, 6.07) is 0. The maximum atomic E-state index is 8.66. The first-order valence-electron chi connectivity index (χ1n) is 1.88. The Balaban J connectivity index is -0.0000000383. The van der Waals surface area contributed by atoms with Crippen molar-refractivity contribution in [2.45, 2.75) is 0 Å². The second-order valence-corrected chi connectivity index (χ2v) is 1.85. The Morgan fingerprint density at radius 3 is 1.18 bits per heavy atom. The minimum Gasteiger partial charge on any atom is -0.790 e. The third-order valence-corrected chi connectivity index (χ3v) is 0.1000. The van der Waals surface area contributed by atoms with Crippen LogP contribution in [0.25, 0.3) is 0 Å².